The van der Waals surface area contributed by atoms with E-state index in [1.54, 1.807) is 6.20 Å². The molecule has 1 aromatic rings. The average molecular weight is 235 g/mol. The van der Waals surface area contributed by atoms with Gasteiger partial charge in [-0.05, 0) is 30.4 Å². The van der Waals surface area contributed by atoms with Crippen LogP contribution in [0.25, 0.3) is 0 Å². The molecule has 0 radical (unpaired) electrons. The summed E-state index contributed by atoms with van der Waals surface area (Å²) in [5.41, 5.74) is 7.89. The van der Waals surface area contributed by atoms with E-state index in [2.05, 4.69) is 17.2 Å². The van der Waals surface area contributed by atoms with Crippen molar-refractivity contribution in [1.82, 2.24) is 10.3 Å². The third kappa shape index (κ3) is 3.41. The van der Waals surface area contributed by atoms with E-state index in [-0.39, 0.29) is 0 Å². The molecule has 0 aromatic carbocycles. The van der Waals surface area contributed by atoms with Crippen molar-refractivity contribution in [3.05, 3.63) is 24.0 Å². The van der Waals surface area contributed by atoms with Gasteiger partial charge in [0.15, 0.2) is 0 Å². The van der Waals surface area contributed by atoms with E-state index in [1.807, 2.05) is 12.1 Å². The summed E-state index contributed by atoms with van der Waals surface area (Å²) in [6.45, 7) is 5.80. The maximum atomic E-state index is 5.85. The first kappa shape index (κ1) is 12.3. The fourth-order valence-electron chi connectivity index (χ4n) is 2.12. The molecular weight excluding hydrogens is 214 g/mol. The molecule has 17 heavy (non-hydrogen) atoms. The second kappa shape index (κ2) is 5.47. The van der Waals surface area contributed by atoms with Crippen molar-refractivity contribution in [2.24, 2.45) is 5.41 Å². The minimum Gasteiger partial charge on any atom is -0.397 e. The fourth-order valence-corrected chi connectivity index (χ4v) is 2.12. The van der Waals surface area contributed by atoms with Crippen molar-refractivity contribution in [3.63, 3.8) is 0 Å². The second-order valence-electron chi connectivity index (χ2n) is 5.07. The molecule has 0 amide bonds. The highest BCUT2D eigenvalue weighted by Gasteiger charge is 2.26. The lowest BCUT2D eigenvalue weighted by Crippen LogP contribution is -2.36. The summed E-state index contributed by atoms with van der Waals surface area (Å²) in [6.07, 6.45) is 4.03. The van der Waals surface area contributed by atoms with Gasteiger partial charge in [0.2, 0.25) is 0 Å². The highest BCUT2D eigenvalue weighted by atomic mass is 16.5. The van der Waals surface area contributed by atoms with Crippen LogP contribution in [0.5, 0.6) is 0 Å². The molecule has 0 atom stereocenters. The highest BCUT2D eigenvalue weighted by molar-refractivity contribution is 5.41. The summed E-state index contributed by atoms with van der Waals surface area (Å²) < 4.78 is 5.39. The molecule has 4 heteroatoms. The third-order valence-corrected chi connectivity index (χ3v) is 3.47. The summed E-state index contributed by atoms with van der Waals surface area (Å²) >= 11 is 0. The number of ether oxygens (including phenoxy) is 1. The Morgan fingerprint density at radius 3 is 2.94 bits per heavy atom. The Morgan fingerprint density at radius 2 is 2.24 bits per heavy atom. The van der Waals surface area contributed by atoms with Crippen molar-refractivity contribution in [2.75, 3.05) is 25.5 Å². The maximum absolute atomic E-state index is 5.85. The van der Waals surface area contributed by atoms with Gasteiger partial charge in [0.1, 0.15) is 0 Å². The van der Waals surface area contributed by atoms with Crippen LogP contribution >= 0.6 is 0 Å². The smallest absolute Gasteiger partial charge is 0.0770 e. The van der Waals surface area contributed by atoms with Crippen LogP contribution in [0.3, 0.4) is 0 Å². The van der Waals surface area contributed by atoms with Crippen LogP contribution in [0.2, 0.25) is 0 Å². The molecule has 2 rings (SSSR count). The molecule has 4 nitrogen and oxygen atoms in total. The first-order valence-electron chi connectivity index (χ1n) is 6.17. The average Bonchev–Trinajstić information content (AvgIpc) is 2.32. The molecule has 1 aromatic heterocycles. The normalized spacial score (nSPS) is 19.1. The van der Waals surface area contributed by atoms with Crippen LogP contribution in [0.1, 0.15) is 25.5 Å². The van der Waals surface area contributed by atoms with Crippen LogP contribution in [-0.4, -0.2) is 24.7 Å². The number of hydrogen-bond donors (Lipinski definition) is 2. The number of pyridine rings is 1. The zero-order valence-corrected chi connectivity index (χ0v) is 10.4. The van der Waals surface area contributed by atoms with Crippen molar-refractivity contribution >= 4 is 5.69 Å². The molecule has 3 N–H and O–H groups in total. The fraction of sp³-hybridized carbons (Fsp3) is 0.615. The zero-order valence-electron chi connectivity index (χ0n) is 10.4. The predicted molar refractivity (Wildman–Crippen MR) is 68.5 cm³/mol. The van der Waals surface area contributed by atoms with Gasteiger partial charge >= 0.3 is 0 Å². The van der Waals surface area contributed by atoms with Crippen molar-refractivity contribution < 1.29 is 4.74 Å². The van der Waals surface area contributed by atoms with Gasteiger partial charge in [0.05, 0.1) is 11.4 Å². The number of nitrogens with zero attached hydrogens (tertiary/aromatic N) is 1. The van der Waals surface area contributed by atoms with Crippen LogP contribution in [-0.2, 0) is 11.3 Å². The van der Waals surface area contributed by atoms with E-state index in [9.17, 15) is 0 Å². The van der Waals surface area contributed by atoms with Crippen molar-refractivity contribution in [3.8, 4) is 0 Å². The van der Waals surface area contributed by atoms with Gasteiger partial charge in [-0.2, -0.15) is 0 Å². The number of anilines is 1. The second-order valence-corrected chi connectivity index (χ2v) is 5.07. The van der Waals surface area contributed by atoms with Gasteiger partial charge in [0, 0.05) is 32.5 Å². The quantitative estimate of drug-likeness (QED) is 0.831. The molecule has 1 aliphatic rings. The first-order chi connectivity index (χ1) is 8.20. The topological polar surface area (TPSA) is 60.2 Å². The molecule has 1 saturated heterocycles. The van der Waals surface area contributed by atoms with Gasteiger partial charge in [0.25, 0.3) is 0 Å². The van der Waals surface area contributed by atoms with Crippen LogP contribution in [0, 0.1) is 5.41 Å². The predicted octanol–water partition coefficient (Wildman–Crippen LogP) is 1.57. The van der Waals surface area contributed by atoms with Gasteiger partial charge in [-0.3, -0.25) is 4.98 Å². The minimum atomic E-state index is 0.349. The van der Waals surface area contributed by atoms with Crippen molar-refractivity contribution in [1.29, 1.82) is 0 Å². The SMILES string of the molecule is CC1(CNCc2ncccc2N)CCOCC1. The van der Waals surface area contributed by atoms with Crippen LogP contribution in [0.15, 0.2) is 18.3 Å². The van der Waals surface area contributed by atoms with Crippen LogP contribution in [0.4, 0.5) is 5.69 Å². The molecule has 0 saturated carbocycles. The van der Waals surface area contributed by atoms with E-state index in [1.165, 1.54) is 0 Å². The molecule has 94 valence electrons. The molecule has 0 bridgehead atoms. The molecule has 1 aliphatic heterocycles. The molecule has 0 unspecified atom stereocenters. The Morgan fingerprint density at radius 1 is 1.47 bits per heavy atom. The number of nitrogens with one attached hydrogen (secondary N) is 1. The molecule has 0 spiro atoms. The summed E-state index contributed by atoms with van der Waals surface area (Å²) in [6, 6.07) is 3.75. The number of nitrogen functional groups attached to an aromatic ring is 1. The number of hydrogen-bond acceptors (Lipinski definition) is 4. The maximum Gasteiger partial charge on any atom is 0.0770 e. The van der Waals surface area contributed by atoms with Crippen molar-refractivity contribution in [2.45, 2.75) is 26.3 Å². The molecule has 0 aliphatic carbocycles. The van der Waals surface area contributed by atoms with E-state index in [0.29, 0.717) is 5.41 Å². The lowest BCUT2D eigenvalue weighted by atomic mass is 9.82. The molecule has 2 heterocycles. The number of aromatic nitrogens is 1. The largest absolute Gasteiger partial charge is 0.397 e. The van der Waals surface area contributed by atoms with E-state index >= 15 is 0 Å². The monoisotopic (exact) mass is 235 g/mol. The van der Waals surface area contributed by atoms with E-state index < -0.39 is 0 Å². The summed E-state index contributed by atoms with van der Waals surface area (Å²) in [5, 5.41) is 3.45. The van der Waals surface area contributed by atoms with Gasteiger partial charge in [-0.1, -0.05) is 6.92 Å². The lowest BCUT2D eigenvalue weighted by molar-refractivity contribution is 0.0240. The lowest BCUT2D eigenvalue weighted by Gasteiger charge is -2.33. The standard InChI is InChI=1S/C13H21N3O/c1-13(4-7-17-8-5-13)10-15-9-12-11(14)3-2-6-16-12/h2-3,6,15H,4-5,7-10,14H2,1H3. The van der Waals surface area contributed by atoms with Gasteiger partial charge in [-0.25, -0.2) is 0 Å². The molecular formula is C13H21N3O. The van der Waals surface area contributed by atoms with E-state index in [4.69, 9.17) is 10.5 Å². The minimum absolute atomic E-state index is 0.349. The summed E-state index contributed by atoms with van der Waals surface area (Å²) in [5.74, 6) is 0. The Labute approximate surface area is 103 Å². The first-order valence-corrected chi connectivity index (χ1v) is 6.17. The van der Waals surface area contributed by atoms with Crippen LogP contribution < -0.4 is 11.1 Å². The Kier molecular flexibility index (Phi) is 3.97. The van der Waals surface area contributed by atoms with Gasteiger partial charge in [-0.15, -0.1) is 0 Å². The number of nitrogens with two attached hydrogens (primary N) is 1. The molecule has 1 fully saturated rings. The van der Waals surface area contributed by atoms with Gasteiger partial charge < -0.3 is 15.8 Å². The third-order valence-electron chi connectivity index (χ3n) is 3.47. The van der Waals surface area contributed by atoms with E-state index in [0.717, 1.165) is 50.5 Å². The summed E-state index contributed by atoms with van der Waals surface area (Å²) in [7, 11) is 0. The highest BCUT2D eigenvalue weighted by Crippen LogP contribution is 2.28. The Balaban J connectivity index is 1.81. The number of rotatable bonds is 4. The Hall–Kier alpha value is -1.13. The Bertz CT molecular complexity index is 361. The summed E-state index contributed by atoms with van der Waals surface area (Å²) in [4.78, 5) is 4.27. The zero-order chi connectivity index (χ0) is 12.1.